The Morgan fingerprint density at radius 2 is 1.50 bits per heavy atom. The molecule has 0 radical (unpaired) electrons. The summed E-state index contributed by atoms with van der Waals surface area (Å²) in [5, 5.41) is 2.77. The zero-order valence-corrected chi connectivity index (χ0v) is 17.1. The van der Waals surface area contributed by atoms with Gasteiger partial charge in [0.1, 0.15) is 5.82 Å². The lowest BCUT2D eigenvalue weighted by molar-refractivity contribution is 0.609. The predicted molar refractivity (Wildman–Crippen MR) is 120 cm³/mol. The highest BCUT2D eigenvalue weighted by molar-refractivity contribution is 5.85. The molecule has 3 aromatic carbocycles. The van der Waals surface area contributed by atoms with E-state index in [0.717, 1.165) is 17.8 Å². The van der Waals surface area contributed by atoms with Crippen LogP contribution in [0.1, 0.15) is 54.6 Å². The Morgan fingerprint density at radius 3 is 2.39 bits per heavy atom. The van der Waals surface area contributed by atoms with Crippen molar-refractivity contribution in [3.05, 3.63) is 77.1 Å². The van der Waals surface area contributed by atoms with Crippen LogP contribution in [-0.2, 0) is 12.8 Å². The summed E-state index contributed by atoms with van der Waals surface area (Å²) in [6.45, 7) is 4.32. The second kappa shape index (κ2) is 8.60. The number of fused-ring (bicyclic) bond motifs is 2. The number of nitrogens with one attached hydrogen (secondary N) is 1. The van der Waals surface area contributed by atoms with Crippen molar-refractivity contribution in [2.45, 2.75) is 58.8 Å². The molecule has 28 heavy (non-hydrogen) atoms. The largest absolute Gasteiger partial charge is 0.342 e. The van der Waals surface area contributed by atoms with Gasteiger partial charge in [0, 0.05) is 6.42 Å². The van der Waals surface area contributed by atoms with E-state index < -0.39 is 0 Å². The molecule has 0 saturated heterocycles. The van der Waals surface area contributed by atoms with Gasteiger partial charge in [-0.2, -0.15) is 0 Å². The lowest BCUT2D eigenvalue weighted by Crippen LogP contribution is -1.90. The standard InChI is InChI=1S/C26H30N2/c1-19-17-18-24-26(20(19)2)28-25(27-24)16-7-5-3-4-6-11-21-13-10-14-22-12-8-9-15-23(21)22/h8-10,12-15,17-18H,3-7,11,16H2,1-2H3,(H,27,28). The van der Waals surface area contributed by atoms with Crippen LogP contribution < -0.4 is 0 Å². The molecule has 0 aliphatic heterocycles. The molecule has 1 heterocycles. The molecule has 0 spiro atoms. The normalized spacial score (nSPS) is 11.5. The van der Waals surface area contributed by atoms with Crippen LogP contribution in [0.4, 0.5) is 0 Å². The maximum absolute atomic E-state index is 4.82. The first kappa shape index (κ1) is 18.7. The lowest BCUT2D eigenvalue weighted by atomic mass is 9.99. The van der Waals surface area contributed by atoms with E-state index in [9.17, 15) is 0 Å². The molecule has 2 nitrogen and oxygen atoms in total. The fraction of sp³-hybridized carbons (Fsp3) is 0.346. The number of aryl methyl sites for hydroxylation is 4. The first-order chi connectivity index (χ1) is 13.7. The van der Waals surface area contributed by atoms with Crippen molar-refractivity contribution in [2.75, 3.05) is 0 Å². The molecule has 2 heteroatoms. The van der Waals surface area contributed by atoms with E-state index >= 15 is 0 Å². The van der Waals surface area contributed by atoms with Crippen molar-refractivity contribution in [3.63, 3.8) is 0 Å². The monoisotopic (exact) mass is 370 g/mol. The molecule has 0 bridgehead atoms. The Bertz CT molecular complexity index is 1070. The highest BCUT2D eigenvalue weighted by Gasteiger charge is 2.07. The van der Waals surface area contributed by atoms with E-state index in [4.69, 9.17) is 4.98 Å². The Balaban J connectivity index is 1.21. The van der Waals surface area contributed by atoms with Gasteiger partial charge in [0.05, 0.1) is 11.0 Å². The van der Waals surface area contributed by atoms with Gasteiger partial charge in [0.2, 0.25) is 0 Å². The fourth-order valence-electron chi connectivity index (χ4n) is 4.13. The third-order valence-corrected chi connectivity index (χ3v) is 5.97. The molecule has 0 aliphatic rings. The van der Waals surface area contributed by atoms with Crippen molar-refractivity contribution in [2.24, 2.45) is 0 Å². The Hall–Kier alpha value is -2.61. The van der Waals surface area contributed by atoms with Crippen molar-refractivity contribution >= 4 is 21.8 Å². The number of benzene rings is 3. The minimum absolute atomic E-state index is 1.05. The number of aromatic nitrogens is 2. The summed E-state index contributed by atoms with van der Waals surface area (Å²) in [6.07, 6.45) is 8.62. The molecule has 0 aliphatic carbocycles. The molecule has 4 rings (SSSR count). The molecule has 4 aromatic rings. The summed E-state index contributed by atoms with van der Waals surface area (Å²) in [5.41, 5.74) is 6.43. The second-order valence-electron chi connectivity index (χ2n) is 7.99. The average Bonchev–Trinajstić information content (AvgIpc) is 3.14. The molecule has 144 valence electrons. The predicted octanol–water partition coefficient (Wildman–Crippen LogP) is 7.07. The number of H-pyrrole nitrogens is 1. The second-order valence-corrected chi connectivity index (χ2v) is 7.99. The number of unbranched alkanes of at least 4 members (excludes halogenated alkanes) is 4. The molecular weight excluding hydrogens is 340 g/mol. The van der Waals surface area contributed by atoms with Gasteiger partial charge in [-0.3, -0.25) is 0 Å². The van der Waals surface area contributed by atoms with Crippen LogP contribution in [0.2, 0.25) is 0 Å². The van der Waals surface area contributed by atoms with Crippen molar-refractivity contribution in [1.29, 1.82) is 0 Å². The molecule has 0 saturated carbocycles. The quantitative estimate of drug-likeness (QED) is 0.330. The van der Waals surface area contributed by atoms with Crippen molar-refractivity contribution < 1.29 is 0 Å². The molecule has 1 aromatic heterocycles. The lowest BCUT2D eigenvalue weighted by Gasteiger charge is -2.06. The molecular formula is C26H30N2. The maximum atomic E-state index is 4.82. The zero-order chi connectivity index (χ0) is 19.3. The number of hydrogen-bond acceptors (Lipinski definition) is 1. The zero-order valence-electron chi connectivity index (χ0n) is 17.1. The minimum atomic E-state index is 1.05. The molecule has 1 N–H and O–H groups in total. The number of aromatic amines is 1. The van der Waals surface area contributed by atoms with Gasteiger partial charge in [-0.25, -0.2) is 4.98 Å². The van der Waals surface area contributed by atoms with E-state index in [0.29, 0.717) is 0 Å². The highest BCUT2D eigenvalue weighted by atomic mass is 14.9. The van der Waals surface area contributed by atoms with Crippen LogP contribution in [0.25, 0.3) is 21.8 Å². The number of rotatable bonds is 8. The van der Waals surface area contributed by atoms with Gasteiger partial charge < -0.3 is 4.98 Å². The van der Waals surface area contributed by atoms with Gasteiger partial charge in [0.15, 0.2) is 0 Å². The number of nitrogens with zero attached hydrogens (tertiary/aromatic N) is 1. The molecule has 0 unspecified atom stereocenters. The van der Waals surface area contributed by atoms with Crippen LogP contribution in [0.15, 0.2) is 54.6 Å². The third-order valence-electron chi connectivity index (χ3n) is 5.97. The average molecular weight is 371 g/mol. The smallest absolute Gasteiger partial charge is 0.107 e. The van der Waals surface area contributed by atoms with E-state index in [1.54, 1.807) is 0 Å². The Labute approximate surface area is 168 Å². The van der Waals surface area contributed by atoms with E-state index in [1.807, 2.05) is 0 Å². The van der Waals surface area contributed by atoms with Crippen LogP contribution in [0.3, 0.4) is 0 Å². The molecule has 0 atom stereocenters. The highest BCUT2D eigenvalue weighted by Crippen LogP contribution is 2.22. The summed E-state index contributed by atoms with van der Waals surface area (Å²) < 4.78 is 0. The summed E-state index contributed by atoms with van der Waals surface area (Å²) in [5.74, 6) is 1.14. The molecule has 0 amide bonds. The first-order valence-electron chi connectivity index (χ1n) is 10.6. The Kier molecular flexibility index (Phi) is 5.76. The van der Waals surface area contributed by atoms with Gasteiger partial charge in [-0.05, 0) is 66.6 Å². The van der Waals surface area contributed by atoms with Gasteiger partial charge >= 0.3 is 0 Å². The summed E-state index contributed by atoms with van der Waals surface area (Å²) >= 11 is 0. The number of imidazole rings is 1. The van der Waals surface area contributed by atoms with Gasteiger partial charge in [-0.15, -0.1) is 0 Å². The summed E-state index contributed by atoms with van der Waals surface area (Å²) in [4.78, 5) is 8.31. The topological polar surface area (TPSA) is 28.7 Å². The van der Waals surface area contributed by atoms with Crippen LogP contribution in [0, 0.1) is 13.8 Å². The molecule has 0 fully saturated rings. The minimum Gasteiger partial charge on any atom is -0.342 e. The van der Waals surface area contributed by atoms with Crippen LogP contribution in [-0.4, -0.2) is 9.97 Å². The van der Waals surface area contributed by atoms with Gasteiger partial charge in [0.25, 0.3) is 0 Å². The van der Waals surface area contributed by atoms with Gasteiger partial charge in [-0.1, -0.05) is 67.8 Å². The van der Waals surface area contributed by atoms with Crippen LogP contribution in [0.5, 0.6) is 0 Å². The Morgan fingerprint density at radius 1 is 0.750 bits per heavy atom. The third kappa shape index (κ3) is 4.11. The van der Waals surface area contributed by atoms with Crippen LogP contribution >= 0.6 is 0 Å². The van der Waals surface area contributed by atoms with E-state index in [2.05, 4.69) is 73.4 Å². The van der Waals surface area contributed by atoms with Crippen molar-refractivity contribution in [1.82, 2.24) is 9.97 Å². The SMILES string of the molecule is Cc1ccc2[nH]c(CCCCCCCc3cccc4ccccc34)nc2c1C. The van der Waals surface area contributed by atoms with E-state index in [1.165, 1.54) is 71.5 Å². The first-order valence-corrected chi connectivity index (χ1v) is 10.6. The van der Waals surface area contributed by atoms with E-state index in [-0.39, 0.29) is 0 Å². The summed E-state index contributed by atoms with van der Waals surface area (Å²) in [7, 11) is 0. The fourth-order valence-corrected chi connectivity index (χ4v) is 4.13. The maximum Gasteiger partial charge on any atom is 0.107 e. The summed E-state index contributed by atoms with van der Waals surface area (Å²) in [6, 6.07) is 19.7. The number of hydrogen-bond donors (Lipinski definition) is 1. The van der Waals surface area contributed by atoms with Crippen molar-refractivity contribution in [3.8, 4) is 0 Å².